The molecule has 0 aromatic heterocycles. The lowest BCUT2D eigenvalue weighted by Crippen LogP contribution is -2.48. The van der Waals surface area contributed by atoms with E-state index >= 15 is 0 Å². The number of halogens is 1. The van der Waals surface area contributed by atoms with Crippen LogP contribution in [0, 0.1) is 0 Å². The van der Waals surface area contributed by atoms with E-state index in [-0.39, 0.29) is 22.9 Å². The van der Waals surface area contributed by atoms with Gasteiger partial charge in [-0.25, -0.2) is 0 Å². The average molecular weight is 246 g/mol. The van der Waals surface area contributed by atoms with Crippen LogP contribution in [-0.2, 0) is 9.53 Å². The maximum absolute atomic E-state index is 12.1. The maximum Gasteiger partial charge on any atom is 0.225 e. The molecule has 0 bridgehead atoms. The molecule has 3 nitrogen and oxygen atoms in total. The number of hydrogen-bond donors (Lipinski definition) is 0. The number of ether oxygens (including phenoxy) is 1. The van der Waals surface area contributed by atoms with Crippen molar-refractivity contribution < 1.29 is 9.53 Å². The molecule has 2 rings (SSSR count). The Balaban J connectivity index is 2.37. The van der Waals surface area contributed by atoms with Crippen molar-refractivity contribution in [1.82, 2.24) is 4.90 Å². The molecule has 0 aromatic rings. The third kappa shape index (κ3) is 1.84. The van der Waals surface area contributed by atoms with Crippen LogP contribution in [0.15, 0.2) is 0 Å². The quantitative estimate of drug-likeness (QED) is 0.614. The highest BCUT2D eigenvalue weighted by molar-refractivity contribution is 6.20. The standard InChI is InChI=1S/C12H20ClNO2/c1-11(2)9-7-8(13)5-6-10(15)14(9)12(3,4)16-11/h8-9H,5-7H2,1-4H3/t8-,9+/m0/s1. The Kier molecular flexibility index (Phi) is 2.75. The Morgan fingerprint density at radius 2 is 2.00 bits per heavy atom. The number of carbonyl (C=O) groups excluding carboxylic acids is 1. The summed E-state index contributed by atoms with van der Waals surface area (Å²) in [5, 5.41) is 0.0794. The fourth-order valence-corrected chi connectivity index (χ4v) is 3.35. The number of rotatable bonds is 0. The van der Waals surface area contributed by atoms with Gasteiger partial charge < -0.3 is 9.64 Å². The number of carbonyl (C=O) groups is 1. The number of hydrogen-bond acceptors (Lipinski definition) is 2. The van der Waals surface area contributed by atoms with Crippen LogP contribution in [0.2, 0.25) is 0 Å². The monoisotopic (exact) mass is 245 g/mol. The Morgan fingerprint density at radius 1 is 1.38 bits per heavy atom. The van der Waals surface area contributed by atoms with E-state index in [2.05, 4.69) is 0 Å². The minimum Gasteiger partial charge on any atom is -0.348 e. The summed E-state index contributed by atoms with van der Waals surface area (Å²) >= 11 is 6.24. The number of fused-ring (bicyclic) bond motifs is 1. The summed E-state index contributed by atoms with van der Waals surface area (Å²) in [5.41, 5.74) is -0.817. The van der Waals surface area contributed by atoms with E-state index < -0.39 is 5.72 Å². The summed E-state index contributed by atoms with van der Waals surface area (Å²) < 4.78 is 6.00. The lowest BCUT2D eigenvalue weighted by molar-refractivity contribution is -0.149. The Bertz CT molecular complexity index is 314. The smallest absolute Gasteiger partial charge is 0.225 e. The van der Waals surface area contributed by atoms with E-state index in [1.54, 1.807) is 0 Å². The fraction of sp³-hybridized carbons (Fsp3) is 0.917. The van der Waals surface area contributed by atoms with E-state index in [1.165, 1.54) is 0 Å². The molecule has 16 heavy (non-hydrogen) atoms. The number of amides is 1. The van der Waals surface area contributed by atoms with Gasteiger partial charge in [0.05, 0.1) is 11.6 Å². The SMILES string of the molecule is CC1(C)OC(C)(C)N2C(=O)CC[C@H](Cl)C[C@@H]21. The molecule has 2 saturated heterocycles. The van der Waals surface area contributed by atoms with Crippen LogP contribution in [0.5, 0.6) is 0 Å². The Labute approximate surface area is 102 Å². The molecule has 0 aromatic carbocycles. The molecular formula is C12H20ClNO2. The van der Waals surface area contributed by atoms with Gasteiger partial charge in [-0.05, 0) is 40.5 Å². The molecule has 0 spiro atoms. The van der Waals surface area contributed by atoms with Crippen LogP contribution in [0.1, 0.15) is 47.0 Å². The summed E-state index contributed by atoms with van der Waals surface area (Å²) in [7, 11) is 0. The molecule has 4 heteroatoms. The van der Waals surface area contributed by atoms with Crippen LogP contribution in [0.25, 0.3) is 0 Å². The maximum atomic E-state index is 12.1. The van der Waals surface area contributed by atoms with E-state index in [0.717, 1.165) is 12.8 Å². The van der Waals surface area contributed by atoms with Crippen LogP contribution >= 0.6 is 11.6 Å². The second-order valence-corrected chi connectivity index (χ2v) is 6.42. The third-order valence-corrected chi connectivity index (χ3v) is 4.02. The topological polar surface area (TPSA) is 29.5 Å². The first-order chi connectivity index (χ1) is 7.24. The van der Waals surface area contributed by atoms with Gasteiger partial charge in [0.1, 0.15) is 5.72 Å². The van der Waals surface area contributed by atoms with Crippen molar-refractivity contribution in [2.45, 2.75) is 69.7 Å². The van der Waals surface area contributed by atoms with Crippen molar-refractivity contribution in [1.29, 1.82) is 0 Å². The lowest BCUT2D eigenvalue weighted by atomic mass is 9.94. The summed E-state index contributed by atoms with van der Waals surface area (Å²) in [4.78, 5) is 14.0. The first kappa shape index (κ1) is 12.2. The molecule has 92 valence electrons. The average Bonchev–Trinajstić information content (AvgIpc) is 2.25. The summed E-state index contributed by atoms with van der Waals surface area (Å²) in [6, 6.07) is 0.0972. The second kappa shape index (κ2) is 3.61. The van der Waals surface area contributed by atoms with Crippen molar-refractivity contribution in [2.24, 2.45) is 0 Å². The van der Waals surface area contributed by atoms with Crippen LogP contribution in [0.3, 0.4) is 0 Å². The van der Waals surface area contributed by atoms with Crippen LogP contribution < -0.4 is 0 Å². The first-order valence-electron chi connectivity index (χ1n) is 5.90. The zero-order chi connectivity index (χ0) is 12.1. The number of alkyl halides is 1. The van der Waals surface area contributed by atoms with Gasteiger partial charge >= 0.3 is 0 Å². The van der Waals surface area contributed by atoms with Crippen molar-refractivity contribution >= 4 is 17.5 Å². The first-order valence-corrected chi connectivity index (χ1v) is 6.34. The fourth-order valence-electron chi connectivity index (χ4n) is 3.07. The summed E-state index contributed by atoms with van der Waals surface area (Å²) in [6.45, 7) is 8.01. The number of nitrogens with zero attached hydrogens (tertiary/aromatic N) is 1. The highest BCUT2D eigenvalue weighted by atomic mass is 35.5. The minimum atomic E-state index is -0.508. The van der Waals surface area contributed by atoms with Gasteiger partial charge in [0.2, 0.25) is 5.91 Å². The third-order valence-electron chi connectivity index (χ3n) is 3.63. The van der Waals surface area contributed by atoms with Gasteiger partial charge in [-0.3, -0.25) is 4.79 Å². The molecular weight excluding hydrogens is 226 g/mol. The summed E-state index contributed by atoms with van der Waals surface area (Å²) in [6.07, 6.45) is 2.14. The van der Waals surface area contributed by atoms with Gasteiger partial charge in [0.25, 0.3) is 0 Å². The highest BCUT2D eigenvalue weighted by Crippen LogP contribution is 2.43. The normalized spacial score (nSPS) is 37.1. The predicted molar refractivity (Wildman–Crippen MR) is 63.4 cm³/mol. The van der Waals surface area contributed by atoms with Gasteiger partial charge in [0, 0.05) is 11.8 Å². The zero-order valence-corrected chi connectivity index (χ0v) is 11.2. The van der Waals surface area contributed by atoms with Crippen molar-refractivity contribution in [3.63, 3.8) is 0 Å². The second-order valence-electron chi connectivity index (χ2n) is 5.80. The molecule has 1 amide bonds. The Hall–Kier alpha value is -0.280. The molecule has 2 aliphatic heterocycles. The molecule has 0 unspecified atom stereocenters. The lowest BCUT2D eigenvalue weighted by Gasteiger charge is -2.33. The molecule has 0 radical (unpaired) electrons. The van der Waals surface area contributed by atoms with Crippen LogP contribution in [-0.4, -0.2) is 33.6 Å². The molecule has 0 saturated carbocycles. The van der Waals surface area contributed by atoms with E-state index in [4.69, 9.17) is 16.3 Å². The largest absolute Gasteiger partial charge is 0.348 e. The summed E-state index contributed by atoms with van der Waals surface area (Å²) in [5.74, 6) is 0.170. The molecule has 0 aliphatic carbocycles. The molecule has 2 heterocycles. The minimum absolute atomic E-state index is 0.0794. The molecule has 2 fully saturated rings. The van der Waals surface area contributed by atoms with Gasteiger partial charge in [-0.1, -0.05) is 0 Å². The predicted octanol–water partition coefficient (Wildman–Crippen LogP) is 2.52. The van der Waals surface area contributed by atoms with Crippen molar-refractivity contribution in [3.8, 4) is 0 Å². The van der Waals surface area contributed by atoms with Gasteiger partial charge in [-0.15, -0.1) is 11.6 Å². The highest BCUT2D eigenvalue weighted by Gasteiger charge is 2.54. The van der Waals surface area contributed by atoms with Gasteiger partial charge in [0.15, 0.2) is 0 Å². The van der Waals surface area contributed by atoms with E-state index in [1.807, 2.05) is 32.6 Å². The van der Waals surface area contributed by atoms with E-state index in [9.17, 15) is 4.79 Å². The van der Waals surface area contributed by atoms with Gasteiger partial charge in [-0.2, -0.15) is 0 Å². The zero-order valence-electron chi connectivity index (χ0n) is 10.4. The van der Waals surface area contributed by atoms with Crippen molar-refractivity contribution in [3.05, 3.63) is 0 Å². The van der Waals surface area contributed by atoms with E-state index in [0.29, 0.717) is 6.42 Å². The molecule has 0 N–H and O–H groups in total. The molecule has 2 aliphatic rings. The molecule has 2 atom stereocenters. The Morgan fingerprint density at radius 3 is 2.62 bits per heavy atom. The van der Waals surface area contributed by atoms with Crippen molar-refractivity contribution in [2.75, 3.05) is 0 Å². The van der Waals surface area contributed by atoms with Crippen LogP contribution in [0.4, 0.5) is 0 Å².